The van der Waals surface area contributed by atoms with Crippen molar-refractivity contribution in [1.82, 2.24) is 10.3 Å². The number of anilines is 1. The second-order valence-corrected chi connectivity index (χ2v) is 3.66. The van der Waals surface area contributed by atoms with E-state index in [1.165, 1.54) is 6.20 Å². The number of nitrogens with one attached hydrogen (secondary N) is 1. The number of nitrogens with two attached hydrogens (primary N) is 1. The smallest absolute Gasteiger partial charge is 0.256 e. The first kappa shape index (κ1) is 11.1. The van der Waals surface area contributed by atoms with Gasteiger partial charge in [-0.1, -0.05) is 5.92 Å². The Balaban J connectivity index is 2.89. The van der Waals surface area contributed by atoms with E-state index in [4.69, 9.17) is 12.2 Å². The Morgan fingerprint density at radius 3 is 2.87 bits per heavy atom. The third kappa shape index (κ3) is 2.71. The summed E-state index contributed by atoms with van der Waals surface area (Å²) in [6.07, 6.45) is 6.79. The molecule has 4 nitrogen and oxygen atoms in total. The van der Waals surface area contributed by atoms with Crippen LogP contribution in [0.1, 0.15) is 24.2 Å². The van der Waals surface area contributed by atoms with Gasteiger partial charge in [-0.15, -0.1) is 6.42 Å². The van der Waals surface area contributed by atoms with Crippen LogP contribution < -0.4 is 11.1 Å². The maximum atomic E-state index is 11.7. The Bertz CT molecular complexity index is 418. The van der Waals surface area contributed by atoms with Gasteiger partial charge in [-0.3, -0.25) is 4.79 Å². The molecule has 1 rings (SSSR count). The molecule has 1 heterocycles. The number of hydrogen-bond acceptors (Lipinski definition) is 3. The van der Waals surface area contributed by atoms with Crippen molar-refractivity contribution in [2.75, 3.05) is 5.73 Å². The number of carbonyl (C=O) groups excluding carboxylic acids is 1. The fraction of sp³-hybridized carbons (Fsp3) is 0.273. The van der Waals surface area contributed by atoms with Crippen molar-refractivity contribution < 1.29 is 4.79 Å². The van der Waals surface area contributed by atoms with Crippen LogP contribution >= 0.6 is 0 Å². The van der Waals surface area contributed by atoms with Gasteiger partial charge in [0.15, 0.2) is 0 Å². The Morgan fingerprint density at radius 1 is 1.67 bits per heavy atom. The van der Waals surface area contributed by atoms with Crippen molar-refractivity contribution in [1.29, 1.82) is 0 Å². The molecule has 0 aromatic carbocycles. The summed E-state index contributed by atoms with van der Waals surface area (Å²) in [4.78, 5) is 15.5. The quantitative estimate of drug-likeness (QED) is 0.699. The first-order valence-corrected chi connectivity index (χ1v) is 4.47. The molecular weight excluding hydrogens is 190 g/mol. The Labute approximate surface area is 88.9 Å². The molecule has 0 fully saturated rings. The van der Waals surface area contributed by atoms with E-state index < -0.39 is 5.54 Å². The summed E-state index contributed by atoms with van der Waals surface area (Å²) < 4.78 is 0. The Hall–Kier alpha value is -2.02. The summed E-state index contributed by atoms with van der Waals surface area (Å²) in [6.45, 7) is 3.47. The van der Waals surface area contributed by atoms with E-state index >= 15 is 0 Å². The Morgan fingerprint density at radius 2 is 2.33 bits per heavy atom. The van der Waals surface area contributed by atoms with Gasteiger partial charge in [0.2, 0.25) is 0 Å². The van der Waals surface area contributed by atoms with E-state index in [2.05, 4.69) is 16.2 Å². The van der Waals surface area contributed by atoms with Gasteiger partial charge >= 0.3 is 0 Å². The van der Waals surface area contributed by atoms with E-state index in [-0.39, 0.29) is 11.7 Å². The highest BCUT2D eigenvalue weighted by Gasteiger charge is 2.19. The third-order valence-corrected chi connectivity index (χ3v) is 1.87. The molecule has 0 saturated heterocycles. The van der Waals surface area contributed by atoms with E-state index in [1.807, 2.05) is 0 Å². The molecule has 0 unspecified atom stereocenters. The van der Waals surface area contributed by atoms with Gasteiger partial charge in [0.1, 0.15) is 5.82 Å². The van der Waals surface area contributed by atoms with Crippen molar-refractivity contribution in [2.24, 2.45) is 0 Å². The lowest BCUT2D eigenvalue weighted by molar-refractivity contribution is 0.0930. The summed E-state index contributed by atoms with van der Waals surface area (Å²) in [7, 11) is 0. The highest BCUT2D eigenvalue weighted by Crippen LogP contribution is 2.09. The molecule has 0 radical (unpaired) electrons. The van der Waals surface area contributed by atoms with Gasteiger partial charge < -0.3 is 11.1 Å². The van der Waals surface area contributed by atoms with Crippen LogP contribution in [0, 0.1) is 12.3 Å². The van der Waals surface area contributed by atoms with E-state index in [9.17, 15) is 4.79 Å². The van der Waals surface area contributed by atoms with Gasteiger partial charge in [-0.05, 0) is 26.0 Å². The minimum atomic E-state index is -0.695. The monoisotopic (exact) mass is 203 g/mol. The molecule has 1 aromatic rings. The second kappa shape index (κ2) is 4.01. The average Bonchev–Trinajstić information content (AvgIpc) is 2.17. The fourth-order valence-corrected chi connectivity index (χ4v) is 0.997. The summed E-state index contributed by atoms with van der Waals surface area (Å²) in [6, 6.07) is 3.25. The molecule has 15 heavy (non-hydrogen) atoms. The van der Waals surface area contributed by atoms with E-state index in [0.29, 0.717) is 5.56 Å². The lowest BCUT2D eigenvalue weighted by Gasteiger charge is -2.19. The lowest BCUT2D eigenvalue weighted by atomic mass is 10.1. The molecule has 78 valence electrons. The molecular formula is C11H13N3O. The SMILES string of the molecule is C#CC(C)(C)NC(=O)c1cccnc1N. The van der Waals surface area contributed by atoms with Crippen molar-refractivity contribution in [3.8, 4) is 12.3 Å². The van der Waals surface area contributed by atoms with Crippen LogP contribution in [-0.2, 0) is 0 Å². The van der Waals surface area contributed by atoms with Gasteiger partial charge in [-0.2, -0.15) is 0 Å². The molecule has 1 amide bonds. The van der Waals surface area contributed by atoms with E-state index in [0.717, 1.165) is 0 Å². The number of hydrogen-bond donors (Lipinski definition) is 2. The number of amides is 1. The molecule has 0 aliphatic heterocycles. The maximum Gasteiger partial charge on any atom is 0.256 e. The van der Waals surface area contributed by atoms with Crippen molar-refractivity contribution in [3.63, 3.8) is 0 Å². The number of carbonyl (C=O) groups is 1. The zero-order valence-electron chi connectivity index (χ0n) is 8.74. The molecule has 3 N–H and O–H groups in total. The van der Waals surface area contributed by atoms with Gasteiger partial charge in [0.05, 0.1) is 11.1 Å². The van der Waals surface area contributed by atoms with Crippen LogP contribution in [0.3, 0.4) is 0 Å². The van der Waals surface area contributed by atoms with Gasteiger partial charge in [0, 0.05) is 6.20 Å². The normalized spacial score (nSPS) is 10.5. The molecule has 0 spiro atoms. The predicted molar refractivity (Wildman–Crippen MR) is 59.0 cm³/mol. The molecule has 4 heteroatoms. The molecule has 0 saturated carbocycles. The van der Waals surface area contributed by atoms with Crippen LogP contribution in [-0.4, -0.2) is 16.4 Å². The van der Waals surface area contributed by atoms with Crippen molar-refractivity contribution >= 4 is 11.7 Å². The van der Waals surface area contributed by atoms with Crippen molar-refractivity contribution in [3.05, 3.63) is 23.9 Å². The summed E-state index contributed by atoms with van der Waals surface area (Å²) in [5.41, 5.74) is 5.20. The maximum absolute atomic E-state index is 11.7. The standard InChI is InChI=1S/C11H13N3O/c1-4-11(2,3)14-10(15)8-6-5-7-13-9(8)12/h1,5-7H,2-3H3,(H2,12,13)(H,14,15). The number of nitrogens with zero attached hydrogens (tertiary/aromatic N) is 1. The van der Waals surface area contributed by atoms with Crippen LogP contribution in [0.4, 0.5) is 5.82 Å². The van der Waals surface area contributed by atoms with Crippen LogP contribution in [0.5, 0.6) is 0 Å². The number of nitrogen functional groups attached to an aromatic ring is 1. The van der Waals surface area contributed by atoms with Crippen LogP contribution in [0.2, 0.25) is 0 Å². The molecule has 0 aliphatic carbocycles. The molecule has 1 aromatic heterocycles. The fourth-order valence-electron chi connectivity index (χ4n) is 0.997. The highest BCUT2D eigenvalue weighted by molar-refractivity contribution is 5.98. The minimum absolute atomic E-state index is 0.197. The molecule has 0 aliphatic rings. The first-order chi connectivity index (χ1) is 6.96. The largest absolute Gasteiger partial charge is 0.383 e. The number of aromatic nitrogens is 1. The highest BCUT2D eigenvalue weighted by atomic mass is 16.1. The summed E-state index contributed by atoms with van der Waals surface area (Å²) in [5, 5.41) is 2.67. The van der Waals surface area contributed by atoms with Crippen molar-refractivity contribution in [2.45, 2.75) is 19.4 Å². The number of rotatable bonds is 2. The zero-order valence-corrected chi connectivity index (χ0v) is 8.74. The first-order valence-electron chi connectivity index (χ1n) is 4.47. The Kier molecular flexibility index (Phi) is 2.96. The summed E-state index contributed by atoms with van der Waals surface area (Å²) in [5.74, 6) is 2.35. The average molecular weight is 203 g/mol. The van der Waals surface area contributed by atoms with Crippen LogP contribution in [0.15, 0.2) is 18.3 Å². The lowest BCUT2D eigenvalue weighted by Crippen LogP contribution is -2.42. The van der Waals surface area contributed by atoms with Gasteiger partial charge in [-0.25, -0.2) is 4.98 Å². The molecule has 0 bridgehead atoms. The minimum Gasteiger partial charge on any atom is -0.383 e. The molecule has 0 atom stereocenters. The van der Waals surface area contributed by atoms with Gasteiger partial charge in [0.25, 0.3) is 5.91 Å². The topological polar surface area (TPSA) is 68.0 Å². The predicted octanol–water partition coefficient (Wildman–Crippen LogP) is 0.805. The number of terminal acetylenes is 1. The number of pyridine rings is 1. The van der Waals surface area contributed by atoms with E-state index in [1.54, 1.807) is 26.0 Å². The zero-order chi connectivity index (χ0) is 11.5. The van der Waals surface area contributed by atoms with Crippen LogP contribution in [0.25, 0.3) is 0 Å². The second-order valence-electron chi connectivity index (χ2n) is 3.66. The third-order valence-electron chi connectivity index (χ3n) is 1.87. The summed E-state index contributed by atoms with van der Waals surface area (Å²) >= 11 is 0.